The number of piperidine rings is 1. The number of nitrogens with zero attached hydrogens (tertiary/aromatic N) is 2. The molecule has 25 heavy (non-hydrogen) atoms. The van der Waals surface area contributed by atoms with Crippen LogP contribution in [0.2, 0.25) is 0 Å². The predicted octanol–water partition coefficient (Wildman–Crippen LogP) is 4.71. The van der Waals surface area contributed by atoms with Crippen molar-refractivity contribution in [3.8, 4) is 5.88 Å². The van der Waals surface area contributed by atoms with Crippen LogP contribution in [-0.2, 0) is 4.74 Å². The van der Waals surface area contributed by atoms with E-state index in [4.69, 9.17) is 9.47 Å². The molecule has 0 aliphatic carbocycles. The number of rotatable bonds is 4. The number of hydrogen-bond donors (Lipinski definition) is 0. The van der Waals surface area contributed by atoms with E-state index in [1.165, 1.54) is 11.5 Å². The summed E-state index contributed by atoms with van der Waals surface area (Å²) in [5, 5.41) is 1.09. The molecule has 1 aromatic heterocycles. The molecule has 0 atom stereocenters. The number of amides is 1. The zero-order chi connectivity index (χ0) is 17.9. The molecular formula is C19H26N2O3S. The molecule has 3 rings (SSSR count). The van der Waals surface area contributed by atoms with Gasteiger partial charge in [-0.2, -0.15) is 4.37 Å². The number of likely N-dealkylation sites (tertiary alicyclic amines) is 1. The van der Waals surface area contributed by atoms with Crippen molar-refractivity contribution < 1.29 is 14.3 Å². The second-order valence-corrected chi connectivity index (χ2v) is 8.34. The van der Waals surface area contributed by atoms with Crippen LogP contribution < -0.4 is 4.74 Å². The highest BCUT2D eigenvalue weighted by Gasteiger charge is 2.26. The van der Waals surface area contributed by atoms with E-state index in [1.54, 1.807) is 0 Å². The lowest BCUT2D eigenvalue weighted by Crippen LogP contribution is -2.41. The second kappa shape index (κ2) is 7.60. The fraction of sp³-hybridized carbons (Fsp3) is 0.579. The summed E-state index contributed by atoms with van der Waals surface area (Å²) in [7, 11) is 0. The van der Waals surface area contributed by atoms with E-state index in [0.29, 0.717) is 12.5 Å². The fourth-order valence-corrected chi connectivity index (χ4v) is 3.75. The summed E-state index contributed by atoms with van der Waals surface area (Å²) >= 11 is 1.47. The fourth-order valence-electron chi connectivity index (χ4n) is 3.02. The van der Waals surface area contributed by atoms with E-state index < -0.39 is 5.60 Å². The Kier molecular flexibility index (Phi) is 5.47. The third-order valence-corrected chi connectivity index (χ3v) is 5.19. The van der Waals surface area contributed by atoms with Crippen molar-refractivity contribution in [2.45, 2.75) is 45.6 Å². The molecule has 6 heteroatoms. The average molecular weight is 362 g/mol. The molecule has 5 nitrogen and oxygen atoms in total. The third-order valence-electron chi connectivity index (χ3n) is 4.38. The molecule has 0 spiro atoms. The molecule has 2 heterocycles. The number of carbonyl (C=O) groups is 1. The van der Waals surface area contributed by atoms with Crippen molar-refractivity contribution in [3.05, 3.63) is 24.3 Å². The molecule has 1 saturated heterocycles. The predicted molar refractivity (Wildman–Crippen MR) is 100 cm³/mol. The Morgan fingerprint density at radius 1 is 1.28 bits per heavy atom. The third kappa shape index (κ3) is 4.84. The Morgan fingerprint density at radius 3 is 2.72 bits per heavy atom. The lowest BCUT2D eigenvalue weighted by molar-refractivity contribution is 0.0177. The van der Waals surface area contributed by atoms with Crippen LogP contribution in [0, 0.1) is 5.92 Å². The van der Waals surface area contributed by atoms with E-state index in [0.717, 1.165) is 48.3 Å². The minimum absolute atomic E-state index is 0.198. The molecule has 0 bridgehead atoms. The van der Waals surface area contributed by atoms with Gasteiger partial charge in [0, 0.05) is 13.1 Å². The van der Waals surface area contributed by atoms with Crippen LogP contribution >= 0.6 is 11.5 Å². The van der Waals surface area contributed by atoms with Gasteiger partial charge in [-0.15, -0.1) is 0 Å². The first-order valence-electron chi connectivity index (χ1n) is 8.87. The summed E-state index contributed by atoms with van der Waals surface area (Å²) in [5.74, 6) is 1.33. The van der Waals surface area contributed by atoms with E-state index in [9.17, 15) is 4.79 Å². The Hall–Kier alpha value is -1.82. The molecule has 1 amide bonds. The first-order chi connectivity index (χ1) is 11.9. The molecule has 0 unspecified atom stereocenters. The number of benzene rings is 1. The summed E-state index contributed by atoms with van der Waals surface area (Å²) in [5.41, 5.74) is -0.432. The van der Waals surface area contributed by atoms with Crippen LogP contribution in [0.5, 0.6) is 5.88 Å². The molecule has 1 fully saturated rings. The SMILES string of the molecule is CC(C)(C)OC(=O)N1CCC(CCOc2nsc3ccccc23)CC1. The number of ether oxygens (including phenoxy) is 2. The number of carbonyl (C=O) groups excluding carboxylic acids is 1. The van der Waals surface area contributed by atoms with Crippen LogP contribution in [0.25, 0.3) is 10.1 Å². The maximum Gasteiger partial charge on any atom is 0.410 e. The van der Waals surface area contributed by atoms with Gasteiger partial charge in [-0.3, -0.25) is 0 Å². The maximum absolute atomic E-state index is 12.1. The van der Waals surface area contributed by atoms with Crippen molar-refractivity contribution in [1.29, 1.82) is 0 Å². The zero-order valence-corrected chi connectivity index (χ0v) is 16.0. The van der Waals surface area contributed by atoms with Crippen molar-refractivity contribution in [2.75, 3.05) is 19.7 Å². The summed E-state index contributed by atoms with van der Waals surface area (Å²) in [6.07, 6.45) is 2.80. The zero-order valence-electron chi connectivity index (χ0n) is 15.2. The van der Waals surface area contributed by atoms with Gasteiger partial charge in [0.15, 0.2) is 0 Å². The lowest BCUT2D eigenvalue weighted by Gasteiger charge is -2.33. The van der Waals surface area contributed by atoms with Crippen LogP contribution in [0.4, 0.5) is 4.79 Å². The van der Waals surface area contributed by atoms with Gasteiger partial charge in [-0.1, -0.05) is 12.1 Å². The number of aromatic nitrogens is 1. The molecule has 1 aromatic carbocycles. The molecule has 0 N–H and O–H groups in total. The Balaban J connectivity index is 1.42. The summed E-state index contributed by atoms with van der Waals surface area (Å²) in [6, 6.07) is 8.14. The molecule has 1 aliphatic heterocycles. The number of fused-ring (bicyclic) bond motifs is 1. The Bertz CT molecular complexity index is 715. The molecule has 2 aromatic rings. The first-order valence-corrected chi connectivity index (χ1v) is 9.65. The molecule has 136 valence electrons. The molecule has 0 radical (unpaired) electrons. The Morgan fingerprint density at radius 2 is 2.00 bits per heavy atom. The molecule has 0 saturated carbocycles. The lowest BCUT2D eigenvalue weighted by atomic mass is 9.94. The maximum atomic E-state index is 12.1. The van der Waals surface area contributed by atoms with Gasteiger partial charge >= 0.3 is 6.09 Å². The van der Waals surface area contributed by atoms with Gasteiger partial charge in [0.2, 0.25) is 5.88 Å². The van der Waals surface area contributed by atoms with E-state index >= 15 is 0 Å². The summed E-state index contributed by atoms with van der Waals surface area (Å²) < 4.78 is 16.9. The number of hydrogen-bond acceptors (Lipinski definition) is 5. The van der Waals surface area contributed by atoms with Crippen molar-refractivity contribution in [1.82, 2.24) is 9.27 Å². The highest BCUT2D eigenvalue weighted by atomic mass is 32.1. The standard InChI is InChI=1S/C19H26N2O3S/c1-19(2,3)24-18(22)21-11-8-14(9-12-21)10-13-23-17-15-6-4-5-7-16(15)25-20-17/h4-7,14H,8-13H2,1-3H3. The van der Waals surface area contributed by atoms with Crippen LogP contribution in [0.15, 0.2) is 24.3 Å². The topological polar surface area (TPSA) is 51.7 Å². The monoisotopic (exact) mass is 362 g/mol. The van der Waals surface area contributed by atoms with Crippen molar-refractivity contribution in [3.63, 3.8) is 0 Å². The smallest absolute Gasteiger partial charge is 0.410 e. The summed E-state index contributed by atoms with van der Waals surface area (Å²) in [6.45, 7) is 7.90. The summed E-state index contributed by atoms with van der Waals surface area (Å²) in [4.78, 5) is 13.9. The average Bonchev–Trinajstić information content (AvgIpc) is 2.97. The quantitative estimate of drug-likeness (QED) is 0.790. The van der Waals surface area contributed by atoms with Crippen LogP contribution in [-0.4, -0.2) is 40.7 Å². The Labute approximate surface area is 153 Å². The molecular weight excluding hydrogens is 336 g/mol. The van der Waals surface area contributed by atoms with E-state index in [-0.39, 0.29) is 6.09 Å². The van der Waals surface area contributed by atoms with Crippen LogP contribution in [0.3, 0.4) is 0 Å². The van der Waals surface area contributed by atoms with E-state index in [2.05, 4.69) is 10.4 Å². The first kappa shape index (κ1) is 18.0. The molecule has 1 aliphatic rings. The largest absolute Gasteiger partial charge is 0.477 e. The normalized spacial score (nSPS) is 16.2. The second-order valence-electron chi connectivity index (χ2n) is 7.53. The van der Waals surface area contributed by atoms with Crippen LogP contribution in [0.1, 0.15) is 40.0 Å². The highest BCUT2D eigenvalue weighted by Crippen LogP contribution is 2.29. The van der Waals surface area contributed by atoms with Gasteiger partial charge in [-0.25, -0.2) is 4.79 Å². The minimum Gasteiger partial charge on any atom is -0.477 e. The van der Waals surface area contributed by atoms with Gasteiger partial charge in [0.05, 0.1) is 16.7 Å². The van der Waals surface area contributed by atoms with Crippen molar-refractivity contribution in [2.24, 2.45) is 5.92 Å². The minimum atomic E-state index is -0.432. The van der Waals surface area contributed by atoms with Crippen molar-refractivity contribution >= 4 is 27.7 Å². The highest BCUT2D eigenvalue weighted by molar-refractivity contribution is 7.13. The van der Waals surface area contributed by atoms with Gasteiger partial charge < -0.3 is 14.4 Å². The van der Waals surface area contributed by atoms with Gasteiger partial charge in [0.25, 0.3) is 0 Å². The van der Waals surface area contributed by atoms with E-state index in [1.807, 2.05) is 43.9 Å². The van der Waals surface area contributed by atoms with Gasteiger partial charge in [-0.05, 0) is 69.6 Å². The van der Waals surface area contributed by atoms with Gasteiger partial charge in [0.1, 0.15) is 5.60 Å².